The Hall–Kier alpha value is -1.01. The van der Waals surface area contributed by atoms with Crippen LogP contribution in [0.5, 0.6) is 0 Å². The van der Waals surface area contributed by atoms with E-state index in [2.05, 4.69) is 4.98 Å². The van der Waals surface area contributed by atoms with Crippen LogP contribution in [0.3, 0.4) is 0 Å². The minimum Gasteiger partial charge on any atom is -0.392 e. The fourth-order valence-electron chi connectivity index (χ4n) is 1.79. The van der Waals surface area contributed by atoms with Crippen molar-refractivity contribution in [3.05, 3.63) is 50.6 Å². The number of hydrogen-bond donors (Lipinski definition) is 1. The smallest absolute Gasteiger partial charge is 0.392 e. The summed E-state index contributed by atoms with van der Waals surface area (Å²) < 4.78 is 38.8. The Balaban J connectivity index is 2.67. The summed E-state index contributed by atoms with van der Waals surface area (Å²) >= 11 is 17.7. The average molecular weight is 357 g/mol. The molecule has 2 nitrogen and oxygen atoms in total. The number of pyridine rings is 1. The van der Waals surface area contributed by atoms with Crippen LogP contribution in [-0.2, 0) is 12.8 Å². The molecule has 0 amide bonds. The maximum atomic E-state index is 12.9. The van der Waals surface area contributed by atoms with Crippen LogP contribution in [0.2, 0.25) is 15.1 Å². The quantitative estimate of drug-likeness (QED) is 0.800. The predicted octanol–water partition coefficient (Wildman–Crippen LogP) is 5.22. The molecule has 0 aliphatic rings. The fourth-order valence-corrected chi connectivity index (χ4v) is 2.80. The van der Waals surface area contributed by atoms with Gasteiger partial charge in [0.2, 0.25) is 0 Å². The molecule has 2 rings (SSSR count). The molecule has 1 N–H and O–H groups in total. The Morgan fingerprint density at radius 2 is 1.62 bits per heavy atom. The average Bonchev–Trinajstić information content (AvgIpc) is 2.36. The third-order valence-electron chi connectivity index (χ3n) is 2.68. The largest absolute Gasteiger partial charge is 0.433 e. The van der Waals surface area contributed by atoms with Gasteiger partial charge in [0, 0.05) is 16.1 Å². The number of aliphatic hydroxyl groups excluding tert-OH is 1. The van der Waals surface area contributed by atoms with Crippen LogP contribution >= 0.6 is 34.8 Å². The molecule has 1 aromatic carbocycles. The molecule has 112 valence electrons. The maximum Gasteiger partial charge on any atom is 0.433 e. The Morgan fingerprint density at radius 3 is 2.10 bits per heavy atom. The van der Waals surface area contributed by atoms with Crippen molar-refractivity contribution in [2.24, 2.45) is 0 Å². The van der Waals surface area contributed by atoms with E-state index in [1.807, 2.05) is 0 Å². The maximum absolute atomic E-state index is 12.9. The van der Waals surface area contributed by atoms with Gasteiger partial charge in [-0.3, -0.25) is 0 Å². The number of benzene rings is 1. The first-order chi connectivity index (χ1) is 9.74. The first kappa shape index (κ1) is 16.4. The van der Waals surface area contributed by atoms with Gasteiger partial charge in [-0.2, -0.15) is 13.2 Å². The third-order valence-corrected chi connectivity index (χ3v) is 3.50. The minimum absolute atomic E-state index is 0.0498. The number of alkyl halides is 3. The molecule has 0 saturated carbocycles. The van der Waals surface area contributed by atoms with E-state index in [1.54, 1.807) is 0 Å². The fraction of sp³-hybridized carbons (Fsp3) is 0.154. The van der Waals surface area contributed by atoms with Crippen molar-refractivity contribution < 1.29 is 18.3 Å². The molecule has 0 unspecified atom stereocenters. The lowest BCUT2D eigenvalue weighted by Gasteiger charge is -2.13. The van der Waals surface area contributed by atoms with Crippen molar-refractivity contribution in [1.82, 2.24) is 4.98 Å². The normalized spacial score (nSPS) is 11.8. The van der Waals surface area contributed by atoms with Crippen molar-refractivity contribution >= 4 is 34.8 Å². The van der Waals surface area contributed by atoms with Gasteiger partial charge < -0.3 is 5.11 Å². The van der Waals surface area contributed by atoms with Crippen LogP contribution in [0, 0.1) is 0 Å². The molecule has 0 atom stereocenters. The second kappa shape index (κ2) is 6.01. The molecule has 0 bridgehead atoms. The number of rotatable bonds is 2. The van der Waals surface area contributed by atoms with Gasteiger partial charge in [-0.05, 0) is 18.2 Å². The Kier molecular flexibility index (Phi) is 4.68. The van der Waals surface area contributed by atoms with Crippen LogP contribution in [0.4, 0.5) is 13.2 Å². The Morgan fingerprint density at radius 1 is 1.05 bits per heavy atom. The molecule has 2 aromatic rings. The lowest BCUT2D eigenvalue weighted by molar-refractivity contribution is -0.142. The highest BCUT2D eigenvalue weighted by Gasteiger charge is 2.35. The molecule has 0 fully saturated rings. The summed E-state index contributed by atoms with van der Waals surface area (Å²) in [6, 6.07) is 5.16. The van der Waals surface area contributed by atoms with Gasteiger partial charge in [0.1, 0.15) is 0 Å². The first-order valence-corrected chi connectivity index (χ1v) is 6.70. The van der Waals surface area contributed by atoms with Crippen molar-refractivity contribution in [3.63, 3.8) is 0 Å². The summed E-state index contributed by atoms with van der Waals surface area (Å²) in [6.07, 6.45) is -4.69. The van der Waals surface area contributed by atoms with Crippen LogP contribution < -0.4 is 0 Å². The number of halogens is 6. The van der Waals surface area contributed by atoms with E-state index in [9.17, 15) is 13.2 Å². The zero-order chi connectivity index (χ0) is 15.8. The summed E-state index contributed by atoms with van der Waals surface area (Å²) in [7, 11) is 0. The molecular formula is C13H7Cl3F3NO. The second-order valence-electron chi connectivity index (χ2n) is 4.10. The molecule has 0 aliphatic carbocycles. The number of hydrogen-bond acceptors (Lipinski definition) is 2. The summed E-state index contributed by atoms with van der Waals surface area (Å²) in [5.41, 5.74) is -1.40. The lowest BCUT2D eigenvalue weighted by atomic mass is 10.1. The molecular weight excluding hydrogens is 350 g/mol. The predicted molar refractivity (Wildman–Crippen MR) is 75.6 cm³/mol. The Bertz CT molecular complexity index is 666. The molecule has 0 spiro atoms. The topological polar surface area (TPSA) is 33.1 Å². The minimum atomic E-state index is -4.69. The molecule has 0 aliphatic heterocycles. The molecule has 0 radical (unpaired) electrons. The van der Waals surface area contributed by atoms with Gasteiger partial charge in [0.25, 0.3) is 0 Å². The van der Waals surface area contributed by atoms with Gasteiger partial charge in [0.05, 0.1) is 22.3 Å². The highest BCUT2D eigenvalue weighted by Crippen LogP contribution is 2.38. The number of aliphatic hydroxyl groups is 1. The van der Waals surface area contributed by atoms with Gasteiger partial charge >= 0.3 is 6.18 Å². The van der Waals surface area contributed by atoms with E-state index in [0.717, 1.165) is 6.07 Å². The van der Waals surface area contributed by atoms with Crippen molar-refractivity contribution in [1.29, 1.82) is 0 Å². The van der Waals surface area contributed by atoms with Crippen LogP contribution in [0.15, 0.2) is 24.3 Å². The van der Waals surface area contributed by atoms with Gasteiger partial charge in [-0.1, -0.05) is 40.9 Å². The van der Waals surface area contributed by atoms with Crippen LogP contribution in [-0.4, -0.2) is 10.1 Å². The SMILES string of the molecule is OCc1ccc(-c2c(Cl)cc(Cl)cc2Cl)nc1C(F)(F)F. The molecule has 1 aromatic heterocycles. The zero-order valence-electron chi connectivity index (χ0n) is 10.2. The van der Waals surface area contributed by atoms with E-state index >= 15 is 0 Å². The van der Waals surface area contributed by atoms with E-state index in [0.29, 0.717) is 0 Å². The summed E-state index contributed by atoms with van der Waals surface area (Å²) in [6.45, 7) is -0.774. The lowest BCUT2D eigenvalue weighted by Crippen LogP contribution is -2.12. The van der Waals surface area contributed by atoms with Gasteiger partial charge in [0.15, 0.2) is 5.69 Å². The third kappa shape index (κ3) is 3.43. The second-order valence-corrected chi connectivity index (χ2v) is 5.36. The monoisotopic (exact) mass is 355 g/mol. The van der Waals surface area contributed by atoms with E-state index < -0.39 is 18.5 Å². The van der Waals surface area contributed by atoms with E-state index in [-0.39, 0.29) is 31.9 Å². The van der Waals surface area contributed by atoms with Crippen molar-refractivity contribution in [2.75, 3.05) is 0 Å². The zero-order valence-corrected chi connectivity index (χ0v) is 12.4. The standard InChI is InChI=1S/C13H7Cl3F3NO/c14-7-3-8(15)11(9(16)4-7)10-2-1-6(5-21)12(20-10)13(17,18)19/h1-4,21H,5H2. The van der Waals surface area contributed by atoms with Gasteiger partial charge in [-0.25, -0.2) is 4.98 Å². The summed E-state index contributed by atoms with van der Waals surface area (Å²) in [5.74, 6) is 0. The molecule has 1 heterocycles. The number of aromatic nitrogens is 1. The Labute approximate surface area is 133 Å². The van der Waals surface area contributed by atoms with E-state index in [1.165, 1.54) is 18.2 Å². The summed E-state index contributed by atoms with van der Waals surface area (Å²) in [5, 5.41) is 9.42. The van der Waals surface area contributed by atoms with Crippen LogP contribution in [0.1, 0.15) is 11.3 Å². The number of nitrogens with zero attached hydrogens (tertiary/aromatic N) is 1. The molecule has 8 heteroatoms. The van der Waals surface area contributed by atoms with Crippen molar-refractivity contribution in [2.45, 2.75) is 12.8 Å². The summed E-state index contributed by atoms with van der Waals surface area (Å²) in [4.78, 5) is 3.54. The van der Waals surface area contributed by atoms with Gasteiger partial charge in [-0.15, -0.1) is 0 Å². The van der Waals surface area contributed by atoms with Crippen molar-refractivity contribution in [3.8, 4) is 11.3 Å². The molecule has 0 saturated heterocycles. The first-order valence-electron chi connectivity index (χ1n) is 5.57. The highest BCUT2D eigenvalue weighted by molar-refractivity contribution is 6.41. The van der Waals surface area contributed by atoms with Crippen LogP contribution in [0.25, 0.3) is 11.3 Å². The molecule has 21 heavy (non-hydrogen) atoms. The highest BCUT2D eigenvalue weighted by atomic mass is 35.5. The van der Waals surface area contributed by atoms with E-state index in [4.69, 9.17) is 39.9 Å².